The largest absolute Gasteiger partial charge is 0.253 e. The van der Waals surface area contributed by atoms with E-state index >= 15 is 0 Å². The molecule has 0 saturated carbocycles. The molecule has 1 aliphatic carbocycles. The third kappa shape index (κ3) is 3.22. The second-order valence-corrected chi connectivity index (χ2v) is 7.28. The lowest BCUT2D eigenvalue weighted by Crippen LogP contribution is -1.97. The Labute approximate surface area is 132 Å². The van der Waals surface area contributed by atoms with E-state index in [-0.39, 0.29) is 4.90 Å². The summed E-state index contributed by atoms with van der Waals surface area (Å²) < 4.78 is 49.8. The summed E-state index contributed by atoms with van der Waals surface area (Å²) in [6, 6.07) is 8.95. The normalized spacial score (nSPS) is 17.8. The lowest BCUT2D eigenvalue weighted by atomic mass is 9.98. The first kappa shape index (κ1) is 15.6. The Hall–Kier alpha value is -2.34. The predicted molar refractivity (Wildman–Crippen MR) is 84.6 cm³/mol. The number of sulfone groups is 1. The molecule has 2 aromatic rings. The maximum Gasteiger partial charge on any atom is 0.175 e. The summed E-state index contributed by atoms with van der Waals surface area (Å²) in [7, 11) is -3.29. The fourth-order valence-electron chi connectivity index (χ4n) is 2.44. The summed E-state index contributed by atoms with van der Waals surface area (Å²) in [5.41, 5.74) is 2.31. The van der Waals surface area contributed by atoms with E-state index in [1.54, 1.807) is 12.1 Å². The van der Waals surface area contributed by atoms with Crippen LogP contribution in [0, 0.1) is 5.82 Å². The molecule has 118 valence electrons. The van der Waals surface area contributed by atoms with Crippen LogP contribution in [0.4, 0.5) is 8.78 Å². The van der Waals surface area contributed by atoms with Crippen LogP contribution in [-0.4, -0.2) is 25.8 Å². The van der Waals surface area contributed by atoms with Gasteiger partial charge in [-0.3, -0.25) is 4.98 Å². The van der Waals surface area contributed by atoms with E-state index in [4.69, 9.17) is 0 Å². The third-order valence-electron chi connectivity index (χ3n) is 3.54. The van der Waals surface area contributed by atoms with Gasteiger partial charge in [-0.25, -0.2) is 17.2 Å². The highest BCUT2D eigenvalue weighted by Crippen LogP contribution is 2.36. The van der Waals surface area contributed by atoms with Crippen molar-refractivity contribution in [2.24, 2.45) is 0 Å². The Balaban J connectivity index is 2.00. The SMILES string of the molecule is CS(=O)(=O)c1ccc(C2=CC(F)C=C2c2ccc(F)cn2)cc1. The van der Waals surface area contributed by atoms with E-state index in [2.05, 4.69) is 4.98 Å². The maximum atomic E-state index is 13.8. The van der Waals surface area contributed by atoms with Crippen LogP contribution in [0.3, 0.4) is 0 Å². The fourth-order valence-corrected chi connectivity index (χ4v) is 3.07. The van der Waals surface area contributed by atoms with Crippen LogP contribution in [0.2, 0.25) is 0 Å². The highest BCUT2D eigenvalue weighted by Gasteiger charge is 2.21. The Morgan fingerprint density at radius 2 is 1.65 bits per heavy atom. The van der Waals surface area contributed by atoms with Crippen LogP contribution in [0.15, 0.2) is 59.6 Å². The molecule has 1 aromatic carbocycles. The van der Waals surface area contributed by atoms with Crippen LogP contribution in [-0.2, 0) is 9.84 Å². The van der Waals surface area contributed by atoms with Gasteiger partial charge in [-0.15, -0.1) is 0 Å². The highest BCUT2D eigenvalue weighted by atomic mass is 32.2. The first-order valence-electron chi connectivity index (χ1n) is 6.85. The molecule has 1 unspecified atom stereocenters. The third-order valence-corrected chi connectivity index (χ3v) is 4.67. The summed E-state index contributed by atoms with van der Waals surface area (Å²) in [5, 5.41) is 0. The Kier molecular flexibility index (Phi) is 3.85. The molecule has 0 radical (unpaired) electrons. The highest BCUT2D eigenvalue weighted by molar-refractivity contribution is 7.90. The number of nitrogens with zero attached hydrogens (tertiary/aromatic N) is 1. The van der Waals surface area contributed by atoms with Crippen molar-refractivity contribution in [3.8, 4) is 0 Å². The van der Waals surface area contributed by atoms with Crippen LogP contribution in [0.1, 0.15) is 11.3 Å². The molecule has 0 saturated heterocycles. The topological polar surface area (TPSA) is 47.0 Å². The minimum absolute atomic E-state index is 0.196. The first-order valence-corrected chi connectivity index (χ1v) is 8.74. The van der Waals surface area contributed by atoms with Crippen molar-refractivity contribution in [1.29, 1.82) is 0 Å². The molecular weight excluding hydrogens is 320 g/mol. The number of allylic oxidation sites excluding steroid dienone is 4. The number of hydrogen-bond donors (Lipinski definition) is 0. The molecule has 1 aromatic heterocycles. The summed E-state index contributed by atoms with van der Waals surface area (Å²) in [4.78, 5) is 4.18. The quantitative estimate of drug-likeness (QED) is 0.864. The molecule has 0 fully saturated rings. The van der Waals surface area contributed by atoms with Crippen molar-refractivity contribution in [3.05, 3.63) is 71.8 Å². The monoisotopic (exact) mass is 333 g/mol. The van der Waals surface area contributed by atoms with E-state index < -0.39 is 21.8 Å². The van der Waals surface area contributed by atoms with Gasteiger partial charge in [-0.1, -0.05) is 12.1 Å². The molecule has 6 heteroatoms. The second-order valence-electron chi connectivity index (χ2n) is 5.26. The van der Waals surface area contributed by atoms with Gasteiger partial charge < -0.3 is 0 Å². The maximum absolute atomic E-state index is 13.8. The van der Waals surface area contributed by atoms with Crippen LogP contribution in [0.5, 0.6) is 0 Å². The van der Waals surface area contributed by atoms with E-state index in [1.807, 2.05) is 0 Å². The van der Waals surface area contributed by atoms with Gasteiger partial charge in [0.2, 0.25) is 0 Å². The molecule has 0 aliphatic heterocycles. The summed E-state index contributed by atoms with van der Waals surface area (Å²) in [6.45, 7) is 0. The van der Waals surface area contributed by atoms with Gasteiger partial charge in [-0.05, 0) is 47.6 Å². The van der Waals surface area contributed by atoms with Crippen LogP contribution < -0.4 is 0 Å². The second kappa shape index (κ2) is 5.70. The molecule has 0 N–H and O–H groups in total. The van der Waals surface area contributed by atoms with Crippen LogP contribution >= 0.6 is 0 Å². The first-order chi connectivity index (χ1) is 10.8. The molecule has 1 aliphatic rings. The van der Waals surface area contributed by atoms with Gasteiger partial charge >= 0.3 is 0 Å². The van der Waals surface area contributed by atoms with E-state index in [1.165, 1.54) is 36.4 Å². The zero-order valence-corrected chi connectivity index (χ0v) is 13.0. The molecule has 23 heavy (non-hydrogen) atoms. The van der Waals surface area contributed by atoms with Gasteiger partial charge in [-0.2, -0.15) is 0 Å². The van der Waals surface area contributed by atoms with Crippen molar-refractivity contribution in [2.45, 2.75) is 11.1 Å². The summed E-state index contributed by atoms with van der Waals surface area (Å²) >= 11 is 0. The smallest absolute Gasteiger partial charge is 0.175 e. The fraction of sp³-hybridized carbons (Fsp3) is 0.118. The molecule has 0 bridgehead atoms. The molecular formula is C17H13F2NO2S. The van der Waals surface area contributed by atoms with Crippen molar-refractivity contribution in [3.63, 3.8) is 0 Å². The summed E-state index contributed by atoms with van der Waals surface area (Å²) in [5.74, 6) is -0.466. The Bertz CT molecular complexity index is 899. The number of pyridine rings is 1. The van der Waals surface area contributed by atoms with Crippen molar-refractivity contribution in [1.82, 2.24) is 4.98 Å². The zero-order valence-electron chi connectivity index (χ0n) is 12.2. The zero-order chi connectivity index (χ0) is 16.6. The molecule has 0 spiro atoms. The standard InChI is InChI=1S/C17H13F2NO2S/c1-23(21,22)14-5-2-11(3-6-14)15-8-13(19)9-16(15)17-7-4-12(18)10-20-17/h2-10,13H,1H3. The Morgan fingerprint density at radius 3 is 2.22 bits per heavy atom. The van der Waals surface area contributed by atoms with Crippen LogP contribution in [0.25, 0.3) is 11.1 Å². The minimum Gasteiger partial charge on any atom is -0.253 e. The average molecular weight is 333 g/mol. The van der Waals surface area contributed by atoms with Gasteiger partial charge in [0.15, 0.2) is 9.84 Å². The molecule has 1 atom stereocenters. The van der Waals surface area contributed by atoms with Gasteiger partial charge in [0, 0.05) is 11.8 Å². The number of halogens is 2. The minimum atomic E-state index is -3.29. The molecule has 3 rings (SSSR count). The van der Waals surface area contributed by atoms with Gasteiger partial charge in [0.25, 0.3) is 0 Å². The number of alkyl halides is 1. The van der Waals surface area contributed by atoms with E-state index in [0.717, 1.165) is 12.5 Å². The van der Waals surface area contributed by atoms with Gasteiger partial charge in [0.1, 0.15) is 12.0 Å². The number of rotatable bonds is 3. The average Bonchev–Trinajstić information content (AvgIpc) is 2.89. The predicted octanol–water partition coefficient (Wildman–Crippen LogP) is 3.44. The molecule has 0 amide bonds. The number of benzene rings is 1. The van der Waals surface area contributed by atoms with Crippen molar-refractivity contribution in [2.75, 3.05) is 6.26 Å². The lowest BCUT2D eigenvalue weighted by molar-refractivity contribution is 0.474. The lowest BCUT2D eigenvalue weighted by Gasteiger charge is -2.09. The molecule has 1 heterocycles. The summed E-state index contributed by atoms with van der Waals surface area (Å²) in [6.07, 6.45) is 3.77. The Morgan fingerprint density at radius 1 is 1.00 bits per heavy atom. The molecule has 3 nitrogen and oxygen atoms in total. The van der Waals surface area contributed by atoms with E-state index in [9.17, 15) is 17.2 Å². The van der Waals surface area contributed by atoms with E-state index in [0.29, 0.717) is 22.4 Å². The number of hydrogen-bond acceptors (Lipinski definition) is 3. The van der Waals surface area contributed by atoms with Gasteiger partial charge in [0.05, 0.1) is 16.8 Å². The van der Waals surface area contributed by atoms with Crippen molar-refractivity contribution < 1.29 is 17.2 Å². The van der Waals surface area contributed by atoms with Crippen molar-refractivity contribution >= 4 is 21.0 Å². The number of aromatic nitrogens is 1.